The third-order valence-corrected chi connectivity index (χ3v) is 6.57. The summed E-state index contributed by atoms with van der Waals surface area (Å²) < 4.78 is 11.4. The van der Waals surface area contributed by atoms with E-state index in [1.54, 1.807) is 13.0 Å². The first-order chi connectivity index (χ1) is 17.6. The van der Waals surface area contributed by atoms with Crippen LogP contribution >= 0.6 is 0 Å². The molecule has 0 saturated heterocycles. The molecule has 1 heterocycles. The number of fused-ring (bicyclic) bond motifs is 6. The van der Waals surface area contributed by atoms with E-state index in [-0.39, 0.29) is 18.2 Å². The normalized spacial score (nSPS) is 12.0. The smallest absolute Gasteiger partial charge is 0.311 e. The zero-order chi connectivity index (χ0) is 24.8. The van der Waals surface area contributed by atoms with Crippen LogP contribution in [0.5, 0.6) is 11.5 Å². The van der Waals surface area contributed by atoms with E-state index in [0.29, 0.717) is 34.9 Å². The molecule has 0 atom stereocenters. The highest BCUT2D eigenvalue weighted by Gasteiger charge is 2.33. The first kappa shape index (κ1) is 22.0. The van der Waals surface area contributed by atoms with E-state index in [0.717, 1.165) is 38.4 Å². The number of nitrogens with zero attached hydrogens (tertiary/aromatic N) is 1. The van der Waals surface area contributed by atoms with Crippen molar-refractivity contribution in [1.29, 1.82) is 0 Å². The zero-order valence-electron chi connectivity index (χ0n) is 20.0. The molecule has 5 heteroatoms. The van der Waals surface area contributed by atoms with Crippen molar-refractivity contribution in [2.75, 3.05) is 6.61 Å². The summed E-state index contributed by atoms with van der Waals surface area (Å²) >= 11 is 0. The fourth-order valence-corrected chi connectivity index (χ4v) is 4.97. The molecule has 1 aliphatic carbocycles. The third kappa shape index (κ3) is 3.35. The predicted octanol–water partition coefficient (Wildman–Crippen LogP) is 6.98. The van der Waals surface area contributed by atoms with Crippen LogP contribution in [0.3, 0.4) is 0 Å². The minimum Gasteiger partial charge on any atom is -0.490 e. The quantitative estimate of drug-likeness (QED) is 0.154. The number of ether oxygens (including phenoxy) is 2. The van der Waals surface area contributed by atoms with Crippen LogP contribution in [0.15, 0.2) is 78.9 Å². The maximum atomic E-state index is 13.8. The first-order valence-corrected chi connectivity index (χ1v) is 12.1. The van der Waals surface area contributed by atoms with Crippen LogP contribution < -0.4 is 9.47 Å². The van der Waals surface area contributed by atoms with Crippen LogP contribution in [0.25, 0.3) is 44.1 Å². The minimum atomic E-state index is -0.337. The van der Waals surface area contributed by atoms with Gasteiger partial charge in [0.2, 0.25) is 0 Å². The zero-order valence-corrected chi connectivity index (χ0v) is 20.0. The maximum absolute atomic E-state index is 13.8. The van der Waals surface area contributed by atoms with Gasteiger partial charge in [0.05, 0.1) is 23.4 Å². The van der Waals surface area contributed by atoms with Gasteiger partial charge in [-0.2, -0.15) is 0 Å². The Morgan fingerprint density at radius 1 is 0.833 bits per heavy atom. The van der Waals surface area contributed by atoms with Crippen LogP contribution in [-0.4, -0.2) is 23.3 Å². The van der Waals surface area contributed by atoms with Gasteiger partial charge in [-0.15, -0.1) is 0 Å². The number of hydrogen-bond acceptors (Lipinski definition) is 5. The van der Waals surface area contributed by atoms with Gasteiger partial charge in [0, 0.05) is 28.5 Å². The number of pyridine rings is 1. The lowest BCUT2D eigenvalue weighted by atomic mass is 9.90. The molecule has 5 nitrogen and oxygen atoms in total. The Labute approximate surface area is 208 Å². The Morgan fingerprint density at radius 2 is 1.61 bits per heavy atom. The Kier molecular flexibility index (Phi) is 5.26. The van der Waals surface area contributed by atoms with E-state index in [4.69, 9.17) is 14.5 Å². The molecule has 0 radical (unpaired) electrons. The van der Waals surface area contributed by atoms with Crippen molar-refractivity contribution in [3.63, 3.8) is 0 Å². The molecule has 0 aliphatic heterocycles. The standard InChI is InChI=1S/C31H23NO4/c1-3-26(33)36-24-16-14-19(17-25(24)35-4-2)27-28-20-10-6-5-9-18(20)13-15-23(28)32-30-21-11-7-8-12-22(21)31(34)29(27)30/h5-17H,3-4H2,1-2H3. The Hall–Kier alpha value is -4.51. The van der Waals surface area contributed by atoms with Crippen molar-refractivity contribution in [3.8, 4) is 33.9 Å². The third-order valence-electron chi connectivity index (χ3n) is 6.57. The Morgan fingerprint density at radius 3 is 2.42 bits per heavy atom. The molecule has 5 aromatic rings. The highest BCUT2D eigenvalue weighted by atomic mass is 16.6. The number of carbonyl (C=O) groups excluding carboxylic acids is 2. The molecule has 0 saturated carbocycles. The van der Waals surface area contributed by atoms with Crippen molar-refractivity contribution in [2.24, 2.45) is 0 Å². The lowest BCUT2D eigenvalue weighted by Crippen LogP contribution is -2.07. The number of ketones is 1. The number of aromatic nitrogens is 1. The van der Waals surface area contributed by atoms with Gasteiger partial charge in [-0.1, -0.05) is 67.6 Å². The molecule has 0 bridgehead atoms. The number of rotatable bonds is 5. The molecule has 36 heavy (non-hydrogen) atoms. The Balaban J connectivity index is 1.71. The molecule has 4 aromatic carbocycles. The number of benzene rings is 4. The molecule has 6 rings (SSSR count). The second-order valence-corrected chi connectivity index (χ2v) is 8.69. The lowest BCUT2D eigenvalue weighted by Gasteiger charge is -2.17. The molecule has 0 spiro atoms. The van der Waals surface area contributed by atoms with E-state index in [1.807, 2.05) is 61.5 Å². The molecular weight excluding hydrogens is 450 g/mol. The van der Waals surface area contributed by atoms with E-state index in [1.165, 1.54) is 0 Å². The van der Waals surface area contributed by atoms with Crippen LogP contribution in [0, 0.1) is 0 Å². The molecule has 0 N–H and O–H groups in total. The summed E-state index contributed by atoms with van der Waals surface area (Å²) in [6.45, 7) is 4.03. The monoisotopic (exact) mass is 473 g/mol. The van der Waals surface area contributed by atoms with Crippen LogP contribution in [0.1, 0.15) is 36.2 Å². The molecule has 176 valence electrons. The first-order valence-electron chi connectivity index (χ1n) is 12.1. The van der Waals surface area contributed by atoms with E-state index < -0.39 is 0 Å². The summed E-state index contributed by atoms with van der Waals surface area (Å²) in [5.74, 6) is 0.439. The van der Waals surface area contributed by atoms with Gasteiger partial charge in [0.1, 0.15) is 0 Å². The van der Waals surface area contributed by atoms with Gasteiger partial charge in [0.15, 0.2) is 17.3 Å². The van der Waals surface area contributed by atoms with Gasteiger partial charge in [-0.3, -0.25) is 9.59 Å². The molecule has 0 amide bonds. The second-order valence-electron chi connectivity index (χ2n) is 8.69. The van der Waals surface area contributed by atoms with Gasteiger partial charge >= 0.3 is 5.97 Å². The molecule has 0 fully saturated rings. The largest absolute Gasteiger partial charge is 0.490 e. The maximum Gasteiger partial charge on any atom is 0.311 e. The summed E-state index contributed by atoms with van der Waals surface area (Å²) in [5.41, 5.74) is 5.19. The Bertz CT molecular complexity index is 1700. The highest BCUT2D eigenvalue weighted by Crippen LogP contribution is 2.46. The fourth-order valence-electron chi connectivity index (χ4n) is 4.97. The van der Waals surface area contributed by atoms with Gasteiger partial charge < -0.3 is 9.47 Å². The van der Waals surface area contributed by atoms with Crippen LogP contribution in [-0.2, 0) is 4.79 Å². The molecule has 1 aliphatic rings. The second kappa shape index (κ2) is 8.61. The predicted molar refractivity (Wildman–Crippen MR) is 141 cm³/mol. The fraction of sp³-hybridized carbons (Fsp3) is 0.129. The number of carbonyl (C=O) groups is 2. The van der Waals surface area contributed by atoms with Gasteiger partial charge in [-0.05, 0) is 41.5 Å². The lowest BCUT2D eigenvalue weighted by molar-refractivity contribution is -0.134. The van der Waals surface area contributed by atoms with Gasteiger partial charge in [0.25, 0.3) is 0 Å². The van der Waals surface area contributed by atoms with E-state index >= 15 is 0 Å². The molecule has 1 aromatic heterocycles. The summed E-state index contributed by atoms with van der Waals surface area (Å²) in [7, 11) is 0. The summed E-state index contributed by atoms with van der Waals surface area (Å²) in [5, 5.41) is 2.99. The minimum absolute atomic E-state index is 0.0441. The van der Waals surface area contributed by atoms with Crippen LogP contribution in [0.4, 0.5) is 0 Å². The SMILES string of the molecule is CCOc1cc(-c2c3c(nc4ccc5ccccc5c24)-c2ccccc2C3=O)ccc1OC(=O)CC. The van der Waals surface area contributed by atoms with Crippen molar-refractivity contribution in [3.05, 3.63) is 90.0 Å². The summed E-state index contributed by atoms with van der Waals surface area (Å²) in [4.78, 5) is 30.8. The average Bonchev–Trinajstić information content (AvgIpc) is 3.20. The number of esters is 1. The van der Waals surface area contributed by atoms with Crippen molar-refractivity contribution < 1.29 is 19.1 Å². The van der Waals surface area contributed by atoms with Crippen molar-refractivity contribution in [1.82, 2.24) is 4.98 Å². The molecule has 0 unspecified atom stereocenters. The average molecular weight is 474 g/mol. The van der Waals surface area contributed by atoms with Gasteiger partial charge in [-0.25, -0.2) is 4.98 Å². The van der Waals surface area contributed by atoms with E-state index in [2.05, 4.69) is 18.2 Å². The topological polar surface area (TPSA) is 65.5 Å². The molecular formula is C31H23NO4. The summed E-state index contributed by atoms with van der Waals surface area (Å²) in [6.07, 6.45) is 0.258. The summed E-state index contributed by atoms with van der Waals surface area (Å²) in [6, 6.07) is 25.3. The van der Waals surface area contributed by atoms with Crippen LogP contribution in [0.2, 0.25) is 0 Å². The van der Waals surface area contributed by atoms with Crippen molar-refractivity contribution in [2.45, 2.75) is 20.3 Å². The van der Waals surface area contributed by atoms with E-state index in [9.17, 15) is 9.59 Å². The highest BCUT2D eigenvalue weighted by molar-refractivity contribution is 6.29. The van der Waals surface area contributed by atoms with Crippen molar-refractivity contribution >= 4 is 33.4 Å². The number of hydrogen-bond donors (Lipinski definition) is 0.